The van der Waals surface area contributed by atoms with E-state index in [4.69, 9.17) is 17.3 Å². The van der Waals surface area contributed by atoms with E-state index in [1.807, 2.05) is 6.92 Å². The molecule has 0 saturated carbocycles. The first kappa shape index (κ1) is 12.5. The maximum absolute atomic E-state index is 11.1. The molecule has 7 heteroatoms. The van der Waals surface area contributed by atoms with Gasteiger partial charge in [0.2, 0.25) is 0 Å². The molecule has 2 N–H and O–H groups in total. The number of hydrogen-bond donors (Lipinski definition) is 2. The third-order valence-electron chi connectivity index (χ3n) is 2.30. The molecule has 2 unspecified atom stereocenters. The van der Waals surface area contributed by atoms with Crippen LogP contribution in [0.5, 0.6) is 0 Å². The van der Waals surface area contributed by atoms with E-state index in [1.54, 1.807) is 10.8 Å². The molecule has 1 heterocycles. The SMILES string of the molecule is CC(CCn1c(CO)n[nH]c1=S)S(C)=O. The zero-order valence-electron chi connectivity index (χ0n) is 8.77. The fraction of sp³-hybridized carbons (Fsp3) is 0.750. The van der Waals surface area contributed by atoms with E-state index in [-0.39, 0.29) is 11.9 Å². The van der Waals surface area contributed by atoms with Crippen molar-refractivity contribution in [2.24, 2.45) is 0 Å². The topological polar surface area (TPSA) is 70.9 Å². The first-order valence-corrected chi connectivity index (χ1v) is 6.66. The van der Waals surface area contributed by atoms with Gasteiger partial charge in [-0.2, -0.15) is 5.10 Å². The van der Waals surface area contributed by atoms with Gasteiger partial charge in [0.15, 0.2) is 10.6 Å². The summed E-state index contributed by atoms with van der Waals surface area (Å²) in [5.41, 5.74) is 0. The van der Waals surface area contributed by atoms with E-state index in [2.05, 4.69) is 10.2 Å². The Labute approximate surface area is 96.0 Å². The summed E-state index contributed by atoms with van der Waals surface area (Å²) in [7, 11) is -0.827. The Hall–Kier alpha value is -0.530. The van der Waals surface area contributed by atoms with Gasteiger partial charge in [-0.25, -0.2) is 0 Å². The Balaban J connectivity index is 2.68. The molecule has 0 aliphatic carbocycles. The highest BCUT2D eigenvalue weighted by Gasteiger charge is 2.09. The fourth-order valence-electron chi connectivity index (χ4n) is 1.18. The Morgan fingerprint density at radius 2 is 2.40 bits per heavy atom. The number of nitrogens with zero attached hydrogens (tertiary/aromatic N) is 2. The second kappa shape index (κ2) is 5.53. The first-order valence-electron chi connectivity index (χ1n) is 4.63. The summed E-state index contributed by atoms with van der Waals surface area (Å²) >= 11 is 5.01. The van der Waals surface area contributed by atoms with Gasteiger partial charge in [0.05, 0.1) is 0 Å². The molecule has 0 aliphatic heterocycles. The molecule has 2 atom stereocenters. The van der Waals surface area contributed by atoms with Crippen LogP contribution in [0, 0.1) is 4.77 Å². The number of hydrogen-bond acceptors (Lipinski definition) is 4. The predicted molar refractivity (Wildman–Crippen MR) is 61.5 cm³/mol. The second-order valence-corrected chi connectivity index (χ2v) is 5.54. The third kappa shape index (κ3) is 3.22. The normalized spacial score (nSPS) is 15.1. The molecule has 1 aromatic heterocycles. The van der Waals surface area contributed by atoms with Crippen LogP contribution in [0.3, 0.4) is 0 Å². The maximum Gasteiger partial charge on any atom is 0.195 e. The van der Waals surface area contributed by atoms with Crippen LogP contribution in [0.1, 0.15) is 19.2 Å². The Morgan fingerprint density at radius 1 is 1.73 bits per heavy atom. The van der Waals surface area contributed by atoms with E-state index in [9.17, 15) is 4.21 Å². The van der Waals surface area contributed by atoms with Gasteiger partial charge in [0.25, 0.3) is 0 Å². The lowest BCUT2D eigenvalue weighted by Crippen LogP contribution is -2.14. The fourth-order valence-corrected chi connectivity index (χ4v) is 1.86. The van der Waals surface area contributed by atoms with Gasteiger partial charge in [0, 0.05) is 28.9 Å². The number of rotatable bonds is 5. The number of nitrogens with one attached hydrogen (secondary N) is 1. The first-order chi connectivity index (χ1) is 7.06. The number of aliphatic hydroxyl groups excluding tert-OH is 1. The molecule has 0 amide bonds. The molecule has 0 aliphatic rings. The average molecular weight is 249 g/mol. The molecule has 0 fully saturated rings. The average Bonchev–Trinajstić information content (AvgIpc) is 2.55. The number of aromatic amines is 1. The Bertz CT molecular complexity index is 399. The number of aliphatic hydroxyl groups is 1. The van der Waals surface area contributed by atoms with Crippen LogP contribution < -0.4 is 0 Å². The van der Waals surface area contributed by atoms with Crippen LogP contribution in [0.15, 0.2) is 0 Å². The number of aromatic nitrogens is 3. The molecular formula is C8H15N3O2S2. The van der Waals surface area contributed by atoms with Gasteiger partial charge in [-0.1, -0.05) is 6.92 Å². The van der Waals surface area contributed by atoms with Crippen molar-refractivity contribution in [2.75, 3.05) is 6.26 Å². The monoisotopic (exact) mass is 249 g/mol. The van der Waals surface area contributed by atoms with Crippen molar-refractivity contribution in [3.05, 3.63) is 10.6 Å². The lowest BCUT2D eigenvalue weighted by atomic mass is 10.3. The summed E-state index contributed by atoms with van der Waals surface area (Å²) < 4.78 is 13.4. The highest BCUT2D eigenvalue weighted by molar-refractivity contribution is 7.84. The van der Waals surface area contributed by atoms with E-state index in [0.29, 0.717) is 17.1 Å². The zero-order valence-corrected chi connectivity index (χ0v) is 10.4. The molecule has 5 nitrogen and oxygen atoms in total. The maximum atomic E-state index is 11.1. The molecule has 1 rings (SSSR count). The van der Waals surface area contributed by atoms with Gasteiger partial charge >= 0.3 is 0 Å². The third-order valence-corrected chi connectivity index (χ3v) is 3.99. The van der Waals surface area contributed by atoms with Crippen LogP contribution in [-0.2, 0) is 24.0 Å². The molecule has 15 heavy (non-hydrogen) atoms. The van der Waals surface area contributed by atoms with Crippen LogP contribution >= 0.6 is 12.2 Å². The minimum Gasteiger partial charge on any atom is -0.388 e. The lowest BCUT2D eigenvalue weighted by molar-refractivity contribution is 0.264. The van der Waals surface area contributed by atoms with Crippen molar-refractivity contribution in [1.29, 1.82) is 0 Å². The second-order valence-electron chi connectivity index (χ2n) is 3.35. The molecule has 86 valence electrons. The van der Waals surface area contributed by atoms with Crippen molar-refractivity contribution < 1.29 is 9.32 Å². The van der Waals surface area contributed by atoms with E-state index < -0.39 is 10.8 Å². The Kier molecular flexibility index (Phi) is 4.62. The lowest BCUT2D eigenvalue weighted by Gasteiger charge is -2.09. The van der Waals surface area contributed by atoms with E-state index in [0.717, 1.165) is 6.42 Å². The van der Waals surface area contributed by atoms with Crippen molar-refractivity contribution in [2.45, 2.75) is 31.7 Å². The van der Waals surface area contributed by atoms with Crippen LogP contribution in [0.25, 0.3) is 0 Å². The summed E-state index contributed by atoms with van der Waals surface area (Å²) in [6, 6.07) is 0. The standard InChI is InChI=1S/C8H15N3O2S2/c1-6(15(2)13)3-4-11-7(5-12)9-10-8(11)14/h6,12H,3-5H2,1-2H3,(H,10,14). The Morgan fingerprint density at radius 3 is 2.93 bits per heavy atom. The van der Waals surface area contributed by atoms with Crippen molar-refractivity contribution in [3.63, 3.8) is 0 Å². The van der Waals surface area contributed by atoms with Crippen LogP contribution in [0.4, 0.5) is 0 Å². The van der Waals surface area contributed by atoms with Crippen molar-refractivity contribution >= 4 is 23.0 Å². The molecule has 1 aromatic rings. The van der Waals surface area contributed by atoms with Gasteiger partial charge in [-0.3, -0.25) is 9.31 Å². The summed E-state index contributed by atoms with van der Waals surface area (Å²) in [4.78, 5) is 0. The van der Waals surface area contributed by atoms with Crippen molar-refractivity contribution in [1.82, 2.24) is 14.8 Å². The van der Waals surface area contributed by atoms with Gasteiger partial charge in [-0.15, -0.1) is 0 Å². The largest absolute Gasteiger partial charge is 0.388 e. The van der Waals surface area contributed by atoms with E-state index >= 15 is 0 Å². The van der Waals surface area contributed by atoms with E-state index in [1.165, 1.54) is 0 Å². The molecular weight excluding hydrogens is 234 g/mol. The van der Waals surface area contributed by atoms with Gasteiger partial charge < -0.3 is 9.67 Å². The summed E-state index contributed by atoms with van der Waals surface area (Å²) in [6.45, 7) is 2.42. The quantitative estimate of drug-likeness (QED) is 0.749. The highest BCUT2D eigenvalue weighted by Crippen LogP contribution is 2.05. The molecule has 0 radical (unpaired) electrons. The van der Waals surface area contributed by atoms with Crippen LogP contribution in [-0.4, -0.2) is 35.6 Å². The highest BCUT2D eigenvalue weighted by atomic mass is 32.2. The minimum atomic E-state index is -0.827. The van der Waals surface area contributed by atoms with Crippen molar-refractivity contribution in [3.8, 4) is 0 Å². The van der Waals surface area contributed by atoms with Gasteiger partial charge in [-0.05, 0) is 18.6 Å². The predicted octanol–water partition coefficient (Wildman–Crippen LogP) is 0.590. The molecule has 0 aromatic carbocycles. The summed E-state index contributed by atoms with van der Waals surface area (Å²) in [5, 5.41) is 15.6. The van der Waals surface area contributed by atoms with Crippen LogP contribution in [0.2, 0.25) is 0 Å². The summed E-state index contributed by atoms with van der Waals surface area (Å²) in [6.07, 6.45) is 2.44. The molecule has 0 spiro atoms. The zero-order chi connectivity index (χ0) is 11.4. The minimum absolute atomic E-state index is 0.119. The van der Waals surface area contributed by atoms with Gasteiger partial charge in [0.1, 0.15) is 6.61 Å². The smallest absolute Gasteiger partial charge is 0.195 e. The summed E-state index contributed by atoms with van der Waals surface area (Å²) in [5.74, 6) is 0.522. The molecule has 0 saturated heterocycles. The molecule has 0 bridgehead atoms. The number of H-pyrrole nitrogens is 1.